The van der Waals surface area contributed by atoms with Gasteiger partial charge in [-0.25, -0.2) is 9.50 Å². The summed E-state index contributed by atoms with van der Waals surface area (Å²) in [6.45, 7) is 1.94. The molecule has 0 aliphatic heterocycles. The molecule has 4 nitrogen and oxygen atoms in total. The molecule has 0 bridgehead atoms. The Morgan fingerprint density at radius 3 is 2.87 bits per heavy atom. The summed E-state index contributed by atoms with van der Waals surface area (Å²) < 4.78 is 1.86. The maximum absolute atomic E-state index is 5.75. The molecule has 0 saturated heterocycles. The summed E-state index contributed by atoms with van der Waals surface area (Å²) in [5.74, 6) is 0.709. The normalized spacial score (nSPS) is 17.7. The number of nitrogens with two attached hydrogens (primary N) is 1. The number of halogens is 1. The van der Waals surface area contributed by atoms with Gasteiger partial charge in [0.1, 0.15) is 5.01 Å². The molecule has 15 heavy (non-hydrogen) atoms. The van der Waals surface area contributed by atoms with Crippen molar-refractivity contribution in [1.82, 2.24) is 14.6 Å². The van der Waals surface area contributed by atoms with Gasteiger partial charge >= 0.3 is 0 Å². The van der Waals surface area contributed by atoms with Gasteiger partial charge in [0.2, 0.25) is 4.96 Å². The van der Waals surface area contributed by atoms with Crippen molar-refractivity contribution < 1.29 is 0 Å². The van der Waals surface area contributed by atoms with E-state index < -0.39 is 0 Å². The molecule has 82 valence electrons. The third-order valence-corrected chi connectivity index (χ3v) is 3.56. The van der Waals surface area contributed by atoms with Crippen LogP contribution in [0.5, 0.6) is 0 Å². The molecule has 2 heterocycles. The van der Waals surface area contributed by atoms with E-state index in [0.717, 1.165) is 10.7 Å². The summed E-state index contributed by atoms with van der Waals surface area (Å²) in [5.41, 5.74) is 6.67. The zero-order valence-electron chi connectivity index (χ0n) is 8.38. The van der Waals surface area contributed by atoms with Crippen molar-refractivity contribution in [2.24, 2.45) is 5.73 Å². The van der Waals surface area contributed by atoms with Gasteiger partial charge in [0, 0.05) is 12.0 Å². The van der Waals surface area contributed by atoms with E-state index in [1.54, 1.807) is 11.3 Å². The molecule has 2 N–H and O–H groups in total. The van der Waals surface area contributed by atoms with Gasteiger partial charge in [-0.2, -0.15) is 5.10 Å². The van der Waals surface area contributed by atoms with Gasteiger partial charge in [0.15, 0.2) is 0 Å². The minimum atomic E-state index is -0.00623. The van der Waals surface area contributed by atoms with Crippen LogP contribution in [-0.2, 0) is 0 Å². The molecule has 1 atom stereocenters. The molecule has 0 spiro atoms. The quantitative estimate of drug-likeness (QED) is 0.880. The Balaban J connectivity index is 0.000000853. The molecule has 1 unspecified atom stereocenters. The second-order valence-corrected chi connectivity index (χ2v) is 4.88. The van der Waals surface area contributed by atoms with Crippen LogP contribution in [0.3, 0.4) is 0 Å². The monoisotopic (exact) mass is 244 g/mol. The molecule has 6 heteroatoms. The number of fused-ring (bicyclic) bond motifs is 1. The topological polar surface area (TPSA) is 56.2 Å². The van der Waals surface area contributed by atoms with Crippen molar-refractivity contribution >= 4 is 28.7 Å². The molecule has 0 amide bonds. The molecule has 3 rings (SSSR count). The fraction of sp³-hybridized carbons (Fsp3) is 0.556. The van der Waals surface area contributed by atoms with Crippen molar-refractivity contribution in [2.45, 2.75) is 31.7 Å². The van der Waals surface area contributed by atoms with Crippen molar-refractivity contribution in [3.63, 3.8) is 0 Å². The number of imidazole rings is 1. The van der Waals surface area contributed by atoms with Crippen LogP contribution in [0.4, 0.5) is 0 Å². The third kappa shape index (κ3) is 1.87. The average molecular weight is 245 g/mol. The Hall–Kier alpha value is -0.650. The predicted octanol–water partition coefficient (Wildman–Crippen LogP) is 2.11. The fourth-order valence-corrected chi connectivity index (χ4v) is 2.50. The molecule has 1 saturated carbocycles. The molecule has 1 aliphatic carbocycles. The van der Waals surface area contributed by atoms with Crippen LogP contribution in [0.1, 0.15) is 42.4 Å². The van der Waals surface area contributed by atoms with E-state index in [9.17, 15) is 0 Å². The molecule has 1 fully saturated rings. The average Bonchev–Trinajstić information content (AvgIpc) is 2.76. The zero-order chi connectivity index (χ0) is 9.71. The lowest BCUT2D eigenvalue weighted by Crippen LogP contribution is -2.04. The SMILES string of the molecule is CC(N)c1cn2nc(C3CC3)sc2n1.Cl. The number of hydrogen-bond acceptors (Lipinski definition) is 4. The Morgan fingerprint density at radius 2 is 2.33 bits per heavy atom. The van der Waals surface area contributed by atoms with Crippen LogP contribution in [-0.4, -0.2) is 14.6 Å². The van der Waals surface area contributed by atoms with Crippen LogP contribution >= 0.6 is 23.7 Å². The molecule has 2 aromatic rings. The first-order valence-corrected chi connectivity index (χ1v) is 5.67. The Kier molecular flexibility index (Phi) is 2.70. The number of rotatable bonds is 2. The van der Waals surface area contributed by atoms with Crippen molar-refractivity contribution in [2.75, 3.05) is 0 Å². The summed E-state index contributed by atoms with van der Waals surface area (Å²) in [6, 6.07) is -0.00623. The molecule has 2 aromatic heterocycles. The summed E-state index contributed by atoms with van der Waals surface area (Å²) in [6.07, 6.45) is 4.51. The van der Waals surface area contributed by atoms with Gasteiger partial charge in [0.25, 0.3) is 0 Å². The maximum Gasteiger partial charge on any atom is 0.212 e. The van der Waals surface area contributed by atoms with Crippen LogP contribution in [0.25, 0.3) is 4.96 Å². The highest BCUT2D eigenvalue weighted by atomic mass is 35.5. The third-order valence-electron chi connectivity index (χ3n) is 2.47. The standard InChI is InChI=1S/C9H12N4S.ClH/c1-5(10)7-4-13-9(11-7)14-8(12-13)6-2-3-6;/h4-6H,2-3,10H2,1H3;1H. The van der Waals surface area contributed by atoms with E-state index in [4.69, 9.17) is 5.73 Å². The van der Waals surface area contributed by atoms with Crippen LogP contribution in [0.2, 0.25) is 0 Å². The van der Waals surface area contributed by atoms with Crippen molar-refractivity contribution in [3.05, 3.63) is 16.9 Å². The van der Waals surface area contributed by atoms with E-state index in [0.29, 0.717) is 5.92 Å². The summed E-state index contributed by atoms with van der Waals surface area (Å²) in [4.78, 5) is 5.41. The lowest BCUT2D eigenvalue weighted by Gasteiger charge is -1.95. The Morgan fingerprint density at radius 1 is 1.60 bits per heavy atom. The molecule has 0 radical (unpaired) electrons. The minimum absolute atomic E-state index is 0. The van der Waals surface area contributed by atoms with Crippen LogP contribution in [0.15, 0.2) is 6.20 Å². The van der Waals surface area contributed by atoms with Crippen molar-refractivity contribution in [1.29, 1.82) is 0 Å². The zero-order valence-corrected chi connectivity index (χ0v) is 10.0. The molecular weight excluding hydrogens is 232 g/mol. The second-order valence-electron chi connectivity index (χ2n) is 3.90. The van der Waals surface area contributed by atoms with Gasteiger partial charge in [-0.3, -0.25) is 0 Å². The smallest absolute Gasteiger partial charge is 0.212 e. The lowest BCUT2D eigenvalue weighted by atomic mass is 10.3. The highest BCUT2D eigenvalue weighted by Crippen LogP contribution is 2.41. The first-order valence-electron chi connectivity index (χ1n) is 4.85. The highest BCUT2D eigenvalue weighted by Gasteiger charge is 2.27. The summed E-state index contributed by atoms with van der Waals surface area (Å²) >= 11 is 1.69. The Bertz CT molecular complexity index is 408. The number of nitrogens with zero attached hydrogens (tertiary/aromatic N) is 3. The number of aromatic nitrogens is 3. The largest absolute Gasteiger partial charge is 0.323 e. The van der Waals surface area contributed by atoms with Gasteiger partial charge in [0.05, 0.1) is 11.9 Å². The van der Waals surface area contributed by atoms with Gasteiger partial charge in [-0.1, -0.05) is 11.3 Å². The molecule has 1 aliphatic rings. The van der Waals surface area contributed by atoms with E-state index in [1.807, 2.05) is 17.6 Å². The first kappa shape index (κ1) is 10.9. The van der Waals surface area contributed by atoms with Gasteiger partial charge < -0.3 is 5.73 Å². The van der Waals surface area contributed by atoms with Crippen LogP contribution in [0, 0.1) is 0 Å². The second kappa shape index (κ2) is 3.73. The highest BCUT2D eigenvalue weighted by molar-refractivity contribution is 7.16. The van der Waals surface area contributed by atoms with Gasteiger partial charge in [-0.05, 0) is 19.8 Å². The van der Waals surface area contributed by atoms with Crippen molar-refractivity contribution in [3.8, 4) is 0 Å². The predicted molar refractivity (Wildman–Crippen MR) is 62.7 cm³/mol. The summed E-state index contributed by atoms with van der Waals surface area (Å²) in [7, 11) is 0. The van der Waals surface area contributed by atoms with E-state index in [2.05, 4.69) is 10.1 Å². The Labute approximate surface area is 97.9 Å². The van der Waals surface area contributed by atoms with E-state index in [-0.39, 0.29) is 18.4 Å². The maximum atomic E-state index is 5.75. The first-order chi connectivity index (χ1) is 6.74. The lowest BCUT2D eigenvalue weighted by molar-refractivity contribution is 0.786. The number of hydrogen-bond donors (Lipinski definition) is 1. The fourth-order valence-electron chi connectivity index (χ4n) is 1.45. The van der Waals surface area contributed by atoms with E-state index in [1.165, 1.54) is 17.8 Å². The molecular formula is C9H13ClN4S. The van der Waals surface area contributed by atoms with Gasteiger partial charge in [-0.15, -0.1) is 12.4 Å². The van der Waals surface area contributed by atoms with E-state index >= 15 is 0 Å². The van der Waals surface area contributed by atoms with Crippen LogP contribution < -0.4 is 5.73 Å². The molecule has 0 aromatic carbocycles. The summed E-state index contributed by atoms with van der Waals surface area (Å²) in [5, 5.41) is 5.72. The minimum Gasteiger partial charge on any atom is -0.323 e.